The van der Waals surface area contributed by atoms with Crippen molar-refractivity contribution in [1.29, 1.82) is 0 Å². The topological polar surface area (TPSA) is 62.4 Å². The molecule has 5 nitrogen and oxygen atoms in total. The first-order valence-corrected chi connectivity index (χ1v) is 8.09. The molecule has 0 saturated heterocycles. The van der Waals surface area contributed by atoms with Gasteiger partial charge < -0.3 is 10.1 Å². The Morgan fingerprint density at radius 2 is 2.05 bits per heavy atom. The van der Waals surface area contributed by atoms with Crippen molar-refractivity contribution in [3.8, 4) is 5.75 Å². The molecule has 1 amide bonds. The summed E-state index contributed by atoms with van der Waals surface area (Å²) in [6.45, 7) is 1.92. The van der Waals surface area contributed by atoms with Gasteiger partial charge in [-0.3, -0.25) is 15.6 Å². The van der Waals surface area contributed by atoms with Crippen LogP contribution in [0.2, 0.25) is 0 Å². The van der Waals surface area contributed by atoms with Crippen LogP contribution in [0.1, 0.15) is 37.7 Å². The van der Waals surface area contributed by atoms with Gasteiger partial charge in [0.25, 0.3) is 5.91 Å². The van der Waals surface area contributed by atoms with Crippen molar-refractivity contribution < 1.29 is 9.53 Å². The van der Waals surface area contributed by atoms with E-state index in [2.05, 4.69) is 16.2 Å². The quantitative estimate of drug-likeness (QED) is 0.586. The smallest absolute Gasteiger partial charge is 0.276 e. The molecule has 0 aliphatic heterocycles. The number of nitrogens with one attached hydrogen (secondary N) is 3. The lowest BCUT2D eigenvalue weighted by Crippen LogP contribution is -2.51. The molecule has 1 saturated carbocycles. The molecule has 1 fully saturated rings. The van der Waals surface area contributed by atoms with Gasteiger partial charge in [-0.05, 0) is 49.7 Å². The van der Waals surface area contributed by atoms with Gasteiger partial charge in [-0.15, -0.1) is 0 Å². The third-order valence-electron chi connectivity index (χ3n) is 3.62. The number of thiocarbonyl (C=S) groups is 1. The Hall–Kier alpha value is -1.82. The number of ether oxygens (including phenoxy) is 1. The Morgan fingerprint density at radius 3 is 2.77 bits per heavy atom. The molecular formula is C16H23N3O2S. The van der Waals surface area contributed by atoms with E-state index in [9.17, 15) is 4.79 Å². The highest BCUT2D eigenvalue weighted by molar-refractivity contribution is 7.80. The number of hydrazine groups is 1. The average molecular weight is 321 g/mol. The highest BCUT2D eigenvalue weighted by atomic mass is 32.1. The fourth-order valence-electron chi connectivity index (χ4n) is 2.48. The van der Waals surface area contributed by atoms with Crippen molar-refractivity contribution in [2.24, 2.45) is 0 Å². The number of hydrogen-bond donors (Lipinski definition) is 3. The average Bonchev–Trinajstić information content (AvgIpc) is 2.52. The van der Waals surface area contributed by atoms with Crippen molar-refractivity contribution in [2.75, 3.05) is 6.61 Å². The fraction of sp³-hybridized carbons (Fsp3) is 0.500. The molecule has 0 spiro atoms. The number of rotatable bonds is 4. The lowest BCUT2D eigenvalue weighted by molar-refractivity contribution is -0.123. The Kier molecular flexibility index (Phi) is 6.45. The van der Waals surface area contributed by atoms with E-state index in [0.29, 0.717) is 16.9 Å². The Balaban J connectivity index is 1.63. The maximum Gasteiger partial charge on any atom is 0.276 e. The molecule has 0 radical (unpaired) electrons. The third-order valence-corrected chi connectivity index (χ3v) is 3.84. The van der Waals surface area contributed by atoms with Gasteiger partial charge in [0.05, 0.1) is 0 Å². The Bertz CT molecular complexity index is 516. The van der Waals surface area contributed by atoms with Crippen molar-refractivity contribution in [1.82, 2.24) is 16.2 Å². The minimum atomic E-state index is -0.269. The standard InChI is InChI=1S/C16H23N3O2S/c1-12-6-5-9-14(10-12)21-11-15(20)18-19-16(22)17-13-7-3-2-4-8-13/h5-6,9-10,13H,2-4,7-8,11H2,1H3,(H,18,20)(H2,17,19,22). The highest BCUT2D eigenvalue weighted by Gasteiger charge is 2.14. The summed E-state index contributed by atoms with van der Waals surface area (Å²) >= 11 is 5.17. The summed E-state index contributed by atoms with van der Waals surface area (Å²) in [6.07, 6.45) is 6.03. The van der Waals surface area contributed by atoms with Crippen molar-refractivity contribution in [3.63, 3.8) is 0 Å². The summed E-state index contributed by atoms with van der Waals surface area (Å²) in [6, 6.07) is 7.99. The van der Waals surface area contributed by atoms with Crippen LogP contribution in [0.25, 0.3) is 0 Å². The minimum absolute atomic E-state index is 0.0531. The van der Waals surface area contributed by atoms with Crippen molar-refractivity contribution in [2.45, 2.75) is 45.1 Å². The zero-order valence-corrected chi connectivity index (χ0v) is 13.7. The zero-order chi connectivity index (χ0) is 15.8. The lowest BCUT2D eigenvalue weighted by Gasteiger charge is -2.24. The van der Waals surface area contributed by atoms with Crippen LogP contribution in [-0.2, 0) is 4.79 Å². The molecule has 6 heteroatoms. The van der Waals surface area contributed by atoms with E-state index in [1.54, 1.807) is 0 Å². The number of benzene rings is 1. The maximum atomic E-state index is 11.7. The third kappa shape index (κ3) is 5.89. The van der Waals surface area contributed by atoms with Gasteiger partial charge >= 0.3 is 0 Å². The highest BCUT2D eigenvalue weighted by Crippen LogP contribution is 2.17. The number of carbonyl (C=O) groups is 1. The van der Waals surface area contributed by atoms with Crippen molar-refractivity contribution in [3.05, 3.63) is 29.8 Å². The summed E-state index contributed by atoms with van der Waals surface area (Å²) < 4.78 is 5.42. The molecule has 120 valence electrons. The summed E-state index contributed by atoms with van der Waals surface area (Å²) in [5.41, 5.74) is 6.35. The predicted molar refractivity (Wildman–Crippen MR) is 90.6 cm³/mol. The lowest BCUT2D eigenvalue weighted by atomic mass is 9.96. The molecule has 1 aromatic carbocycles. The van der Waals surface area contributed by atoms with E-state index >= 15 is 0 Å². The summed E-state index contributed by atoms with van der Waals surface area (Å²) in [5, 5.41) is 3.67. The van der Waals surface area contributed by atoms with E-state index in [4.69, 9.17) is 17.0 Å². The van der Waals surface area contributed by atoms with Crippen LogP contribution in [0.3, 0.4) is 0 Å². The van der Waals surface area contributed by atoms with Crippen LogP contribution >= 0.6 is 12.2 Å². The number of amides is 1. The van der Waals surface area contributed by atoms with E-state index in [0.717, 1.165) is 18.4 Å². The van der Waals surface area contributed by atoms with Crippen LogP contribution in [0.4, 0.5) is 0 Å². The summed E-state index contributed by atoms with van der Waals surface area (Å²) in [4.78, 5) is 11.7. The Morgan fingerprint density at radius 1 is 1.27 bits per heavy atom. The van der Waals surface area contributed by atoms with Crippen LogP contribution < -0.4 is 20.9 Å². The van der Waals surface area contributed by atoms with Gasteiger partial charge in [-0.25, -0.2) is 0 Å². The molecule has 1 aromatic rings. The monoisotopic (exact) mass is 321 g/mol. The molecule has 1 aliphatic carbocycles. The van der Waals surface area contributed by atoms with Gasteiger partial charge in [0.15, 0.2) is 11.7 Å². The van der Waals surface area contributed by atoms with Crippen LogP contribution in [0.15, 0.2) is 24.3 Å². The second-order valence-electron chi connectivity index (χ2n) is 5.59. The van der Waals surface area contributed by atoms with Gasteiger partial charge in [0.2, 0.25) is 0 Å². The van der Waals surface area contributed by atoms with E-state index < -0.39 is 0 Å². The van der Waals surface area contributed by atoms with Gasteiger partial charge in [0, 0.05) is 6.04 Å². The largest absolute Gasteiger partial charge is 0.484 e. The molecule has 2 rings (SSSR count). The van der Waals surface area contributed by atoms with Crippen molar-refractivity contribution >= 4 is 23.2 Å². The SMILES string of the molecule is Cc1cccc(OCC(=O)NNC(=S)NC2CCCCC2)c1. The van der Waals surface area contributed by atoms with E-state index in [1.165, 1.54) is 19.3 Å². The number of carbonyl (C=O) groups excluding carboxylic acids is 1. The molecule has 0 aromatic heterocycles. The molecule has 1 aliphatic rings. The molecule has 3 N–H and O–H groups in total. The summed E-state index contributed by atoms with van der Waals surface area (Å²) in [7, 11) is 0. The van der Waals surface area contributed by atoms with E-state index in [-0.39, 0.29) is 12.5 Å². The van der Waals surface area contributed by atoms with Crippen LogP contribution in [0.5, 0.6) is 5.75 Å². The van der Waals surface area contributed by atoms with E-state index in [1.807, 2.05) is 31.2 Å². The molecular weight excluding hydrogens is 298 g/mol. The molecule has 0 atom stereocenters. The second-order valence-corrected chi connectivity index (χ2v) is 6.00. The predicted octanol–water partition coefficient (Wildman–Crippen LogP) is 2.20. The van der Waals surface area contributed by atoms with Gasteiger partial charge in [-0.1, -0.05) is 31.4 Å². The van der Waals surface area contributed by atoms with Crippen LogP contribution in [-0.4, -0.2) is 23.7 Å². The minimum Gasteiger partial charge on any atom is -0.484 e. The summed E-state index contributed by atoms with van der Waals surface area (Å²) in [5.74, 6) is 0.410. The molecule has 0 bridgehead atoms. The number of aryl methyl sites for hydroxylation is 1. The molecule has 22 heavy (non-hydrogen) atoms. The van der Waals surface area contributed by atoms with Crippen LogP contribution in [0, 0.1) is 6.92 Å². The first-order chi connectivity index (χ1) is 10.6. The number of hydrogen-bond acceptors (Lipinski definition) is 3. The fourth-order valence-corrected chi connectivity index (χ4v) is 2.70. The first-order valence-electron chi connectivity index (χ1n) is 7.68. The first kappa shape index (κ1) is 16.5. The second kappa shape index (κ2) is 8.58. The maximum absolute atomic E-state index is 11.7. The zero-order valence-electron chi connectivity index (χ0n) is 12.9. The molecule has 0 heterocycles. The normalized spacial score (nSPS) is 15.0. The Labute approximate surface area is 136 Å². The van der Waals surface area contributed by atoms with Gasteiger partial charge in [0.1, 0.15) is 5.75 Å². The van der Waals surface area contributed by atoms with Gasteiger partial charge in [-0.2, -0.15) is 0 Å². The molecule has 0 unspecified atom stereocenters.